The summed E-state index contributed by atoms with van der Waals surface area (Å²) in [5.74, 6) is -0.150. The van der Waals surface area contributed by atoms with Crippen LogP contribution >= 0.6 is 0 Å². The number of aryl methyl sites for hydroxylation is 2. The van der Waals surface area contributed by atoms with Crippen molar-refractivity contribution >= 4 is 27.7 Å². The van der Waals surface area contributed by atoms with Gasteiger partial charge in [-0.15, -0.1) is 0 Å². The van der Waals surface area contributed by atoms with Gasteiger partial charge in [-0.05, 0) is 74.1 Å². The zero-order valence-corrected chi connectivity index (χ0v) is 18.7. The molecule has 0 atom stereocenters. The van der Waals surface area contributed by atoms with E-state index in [9.17, 15) is 4.79 Å². The van der Waals surface area contributed by atoms with Gasteiger partial charge < -0.3 is 10.3 Å². The highest BCUT2D eigenvalue weighted by Crippen LogP contribution is 2.38. The van der Waals surface area contributed by atoms with Crippen LogP contribution in [-0.4, -0.2) is 31.1 Å². The Labute approximate surface area is 194 Å². The SMILES string of the molecule is Cc1cnc(CNC(=O)c2ccc(-c3nc4ccc5[nH]ncc5c4c4c3CCCC4)c(F)c2)[nH]1. The highest BCUT2D eigenvalue weighted by Gasteiger charge is 2.23. The molecule has 1 aliphatic carbocycles. The second-order valence-corrected chi connectivity index (χ2v) is 8.81. The zero-order chi connectivity index (χ0) is 23.2. The Morgan fingerprint density at radius 3 is 2.76 bits per heavy atom. The molecular formula is C26H23FN6O. The smallest absolute Gasteiger partial charge is 0.251 e. The summed E-state index contributed by atoms with van der Waals surface area (Å²) in [6, 6.07) is 8.53. The van der Waals surface area contributed by atoms with Crippen LogP contribution in [0.4, 0.5) is 4.39 Å². The number of halogens is 1. The molecule has 2 aromatic carbocycles. The Bertz CT molecular complexity index is 1570. The maximum atomic E-state index is 15.4. The van der Waals surface area contributed by atoms with E-state index in [4.69, 9.17) is 4.98 Å². The zero-order valence-electron chi connectivity index (χ0n) is 18.7. The second kappa shape index (κ2) is 8.06. The van der Waals surface area contributed by atoms with Crippen LogP contribution < -0.4 is 5.32 Å². The van der Waals surface area contributed by atoms with Crippen molar-refractivity contribution in [2.45, 2.75) is 39.2 Å². The van der Waals surface area contributed by atoms with E-state index in [0.717, 1.165) is 58.7 Å². The highest BCUT2D eigenvalue weighted by atomic mass is 19.1. The van der Waals surface area contributed by atoms with E-state index in [0.29, 0.717) is 17.1 Å². The molecular weight excluding hydrogens is 431 g/mol. The molecule has 0 aliphatic heterocycles. The lowest BCUT2D eigenvalue weighted by Crippen LogP contribution is -2.23. The van der Waals surface area contributed by atoms with Crippen molar-refractivity contribution in [3.63, 3.8) is 0 Å². The number of hydrogen-bond donors (Lipinski definition) is 3. The van der Waals surface area contributed by atoms with Gasteiger partial charge in [-0.3, -0.25) is 9.89 Å². The predicted octanol–water partition coefficient (Wildman–Crippen LogP) is 4.76. The van der Waals surface area contributed by atoms with Gasteiger partial charge >= 0.3 is 0 Å². The van der Waals surface area contributed by atoms with Crippen LogP contribution in [0.15, 0.2) is 42.7 Å². The number of aromatic nitrogens is 5. The first-order valence-electron chi connectivity index (χ1n) is 11.4. The molecule has 3 aromatic heterocycles. The maximum Gasteiger partial charge on any atom is 0.251 e. The molecule has 170 valence electrons. The molecule has 6 rings (SSSR count). The van der Waals surface area contributed by atoms with Gasteiger partial charge in [0.05, 0.1) is 29.5 Å². The number of rotatable bonds is 4. The van der Waals surface area contributed by atoms with E-state index in [1.165, 1.54) is 11.6 Å². The summed E-state index contributed by atoms with van der Waals surface area (Å²) in [6.45, 7) is 2.14. The summed E-state index contributed by atoms with van der Waals surface area (Å²) in [5, 5.41) is 12.2. The third-order valence-corrected chi connectivity index (χ3v) is 6.55. The normalized spacial score (nSPS) is 13.4. The van der Waals surface area contributed by atoms with Gasteiger partial charge in [0.2, 0.25) is 0 Å². The Morgan fingerprint density at radius 2 is 1.97 bits per heavy atom. The van der Waals surface area contributed by atoms with Crippen molar-refractivity contribution in [2.75, 3.05) is 0 Å². The fourth-order valence-corrected chi connectivity index (χ4v) is 4.94. The van der Waals surface area contributed by atoms with E-state index in [2.05, 4.69) is 25.5 Å². The molecule has 1 amide bonds. The lowest BCUT2D eigenvalue weighted by atomic mass is 9.85. The Morgan fingerprint density at radius 1 is 1.12 bits per heavy atom. The van der Waals surface area contributed by atoms with Crippen LogP contribution in [0.3, 0.4) is 0 Å². The van der Waals surface area contributed by atoms with Crippen LogP contribution in [0.25, 0.3) is 33.1 Å². The number of imidazole rings is 1. The molecule has 0 radical (unpaired) electrons. The molecule has 7 nitrogen and oxygen atoms in total. The van der Waals surface area contributed by atoms with Crippen LogP contribution in [0.1, 0.15) is 45.8 Å². The molecule has 8 heteroatoms. The number of benzene rings is 2. The standard InChI is InChI=1S/C26H23FN6O/c1-14-11-28-23(31-14)13-29-26(34)15-6-7-18(20(27)10-15)25-17-5-3-2-4-16(17)24-19-12-30-33-21(19)8-9-22(24)32-25/h6-12H,2-5,13H2,1H3,(H,28,31)(H,29,34)(H,30,33). The largest absolute Gasteiger partial charge is 0.345 e. The van der Waals surface area contributed by atoms with E-state index in [1.807, 2.05) is 25.3 Å². The molecule has 0 saturated carbocycles. The van der Waals surface area contributed by atoms with Crippen LogP contribution in [0.2, 0.25) is 0 Å². The summed E-state index contributed by atoms with van der Waals surface area (Å²) in [5.41, 5.74) is 6.40. The fraction of sp³-hybridized carbons (Fsp3) is 0.231. The fourth-order valence-electron chi connectivity index (χ4n) is 4.94. The third-order valence-electron chi connectivity index (χ3n) is 6.55. The van der Waals surface area contributed by atoms with Crippen molar-refractivity contribution in [1.82, 2.24) is 30.5 Å². The average Bonchev–Trinajstić information content (AvgIpc) is 3.50. The van der Waals surface area contributed by atoms with Gasteiger partial charge in [0.25, 0.3) is 5.91 Å². The van der Waals surface area contributed by atoms with Gasteiger partial charge in [-0.25, -0.2) is 14.4 Å². The third kappa shape index (κ3) is 3.42. The van der Waals surface area contributed by atoms with E-state index in [1.54, 1.807) is 18.3 Å². The van der Waals surface area contributed by atoms with Crippen LogP contribution in [0.5, 0.6) is 0 Å². The minimum Gasteiger partial charge on any atom is -0.345 e. The number of amides is 1. The van der Waals surface area contributed by atoms with Gasteiger partial charge in [0.15, 0.2) is 0 Å². The molecule has 5 aromatic rings. The number of carbonyl (C=O) groups excluding carboxylic acids is 1. The van der Waals surface area contributed by atoms with Crippen molar-refractivity contribution < 1.29 is 9.18 Å². The minimum absolute atomic E-state index is 0.248. The predicted molar refractivity (Wildman–Crippen MR) is 128 cm³/mol. The Balaban J connectivity index is 1.38. The lowest BCUT2D eigenvalue weighted by molar-refractivity contribution is 0.0949. The molecule has 3 N–H and O–H groups in total. The monoisotopic (exact) mass is 454 g/mol. The topological polar surface area (TPSA) is 99.3 Å². The number of carbonyl (C=O) groups is 1. The maximum absolute atomic E-state index is 15.4. The highest BCUT2D eigenvalue weighted by molar-refractivity contribution is 6.07. The quantitative estimate of drug-likeness (QED) is 0.365. The number of aromatic amines is 2. The average molecular weight is 455 g/mol. The number of fused-ring (bicyclic) bond motifs is 5. The number of pyridine rings is 1. The first-order chi connectivity index (χ1) is 16.6. The lowest BCUT2D eigenvalue weighted by Gasteiger charge is -2.22. The van der Waals surface area contributed by atoms with Crippen molar-refractivity contribution in [3.8, 4) is 11.3 Å². The molecule has 3 heterocycles. The second-order valence-electron chi connectivity index (χ2n) is 8.81. The summed E-state index contributed by atoms with van der Waals surface area (Å²) < 4.78 is 15.4. The van der Waals surface area contributed by atoms with Gasteiger partial charge in [0, 0.05) is 33.8 Å². The van der Waals surface area contributed by atoms with Gasteiger partial charge in [-0.1, -0.05) is 0 Å². The van der Waals surface area contributed by atoms with Crippen LogP contribution in [-0.2, 0) is 19.4 Å². The van der Waals surface area contributed by atoms with E-state index >= 15 is 4.39 Å². The number of hydrogen-bond acceptors (Lipinski definition) is 4. The molecule has 0 saturated heterocycles. The van der Waals surface area contributed by atoms with Crippen molar-refractivity contribution in [1.29, 1.82) is 0 Å². The number of H-pyrrole nitrogens is 2. The summed E-state index contributed by atoms with van der Waals surface area (Å²) in [4.78, 5) is 24.7. The van der Waals surface area contributed by atoms with Gasteiger partial charge in [0.1, 0.15) is 11.6 Å². The first-order valence-corrected chi connectivity index (χ1v) is 11.4. The Hall–Kier alpha value is -4.07. The molecule has 1 aliphatic rings. The minimum atomic E-state index is -0.453. The molecule has 0 unspecified atom stereocenters. The number of nitrogens with zero attached hydrogens (tertiary/aromatic N) is 3. The molecule has 0 fully saturated rings. The van der Waals surface area contributed by atoms with Crippen molar-refractivity contribution in [3.05, 3.63) is 76.8 Å². The molecule has 34 heavy (non-hydrogen) atoms. The van der Waals surface area contributed by atoms with E-state index in [-0.39, 0.29) is 18.0 Å². The van der Waals surface area contributed by atoms with Crippen molar-refractivity contribution in [2.24, 2.45) is 0 Å². The molecule has 0 bridgehead atoms. The summed E-state index contributed by atoms with van der Waals surface area (Å²) in [6.07, 6.45) is 7.46. The van der Waals surface area contributed by atoms with Crippen LogP contribution in [0, 0.1) is 12.7 Å². The van der Waals surface area contributed by atoms with Gasteiger partial charge in [-0.2, -0.15) is 5.10 Å². The summed E-state index contributed by atoms with van der Waals surface area (Å²) in [7, 11) is 0. The molecule has 0 spiro atoms. The Kier molecular flexibility index (Phi) is 4.86. The first kappa shape index (κ1) is 20.5. The summed E-state index contributed by atoms with van der Waals surface area (Å²) >= 11 is 0. The number of nitrogens with one attached hydrogen (secondary N) is 3. The van der Waals surface area contributed by atoms with E-state index < -0.39 is 5.82 Å².